The fraction of sp³-hybridized carbons (Fsp3) is 0.900. The van der Waals surface area contributed by atoms with Crippen LogP contribution in [0.4, 0.5) is 0 Å². The van der Waals surface area contributed by atoms with Crippen molar-refractivity contribution in [3.63, 3.8) is 0 Å². The van der Waals surface area contributed by atoms with Gasteiger partial charge in [0.25, 0.3) is 0 Å². The van der Waals surface area contributed by atoms with E-state index in [0.29, 0.717) is 6.54 Å². The van der Waals surface area contributed by atoms with Crippen molar-refractivity contribution >= 4 is 5.91 Å². The zero-order valence-electron chi connectivity index (χ0n) is 8.89. The summed E-state index contributed by atoms with van der Waals surface area (Å²) < 4.78 is 0. The van der Waals surface area contributed by atoms with Crippen molar-refractivity contribution in [3.8, 4) is 0 Å². The molecule has 0 bridgehead atoms. The van der Waals surface area contributed by atoms with Crippen molar-refractivity contribution in [2.45, 2.75) is 39.2 Å². The number of nitrogens with one attached hydrogen (secondary N) is 1. The van der Waals surface area contributed by atoms with E-state index in [4.69, 9.17) is 0 Å². The van der Waals surface area contributed by atoms with E-state index in [0.717, 1.165) is 25.9 Å². The molecular weight excluding hydrogens is 164 g/mol. The van der Waals surface area contributed by atoms with Gasteiger partial charge in [-0.25, -0.2) is 0 Å². The van der Waals surface area contributed by atoms with Gasteiger partial charge in [0.15, 0.2) is 0 Å². The number of rotatable bonds is 3. The molecule has 1 heterocycles. The standard InChI is InChI=1S/C10H20N2O/c1-4-5-6-12-8-10(2,3)11-7-9(12)13/h11H,4-8H2,1-3H3. The highest BCUT2D eigenvalue weighted by Crippen LogP contribution is 2.11. The Bertz CT molecular complexity index is 189. The van der Waals surface area contributed by atoms with Crippen LogP contribution in [0, 0.1) is 0 Å². The van der Waals surface area contributed by atoms with Crippen molar-refractivity contribution in [1.29, 1.82) is 0 Å². The fourth-order valence-corrected chi connectivity index (χ4v) is 1.60. The minimum absolute atomic E-state index is 0.0850. The van der Waals surface area contributed by atoms with E-state index in [2.05, 4.69) is 26.1 Å². The van der Waals surface area contributed by atoms with Gasteiger partial charge in [0.2, 0.25) is 5.91 Å². The number of piperazine rings is 1. The lowest BCUT2D eigenvalue weighted by atomic mass is 10.0. The Morgan fingerprint density at radius 1 is 1.54 bits per heavy atom. The molecule has 0 spiro atoms. The third kappa shape index (κ3) is 2.99. The monoisotopic (exact) mass is 184 g/mol. The van der Waals surface area contributed by atoms with Crippen molar-refractivity contribution < 1.29 is 4.79 Å². The van der Waals surface area contributed by atoms with Gasteiger partial charge in [-0.05, 0) is 20.3 Å². The highest BCUT2D eigenvalue weighted by atomic mass is 16.2. The Hall–Kier alpha value is -0.570. The molecule has 0 saturated carbocycles. The summed E-state index contributed by atoms with van der Waals surface area (Å²) in [6.07, 6.45) is 2.26. The Kier molecular flexibility index (Phi) is 3.31. The fourth-order valence-electron chi connectivity index (χ4n) is 1.60. The largest absolute Gasteiger partial charge is 0.340 e. The van der Waals surface area contributed by atoms with E-state index < -0.39 is 0 Å². The summed E-state index contributed by atoms with van der Waals surface area (Å²) in [6.45, 7) is 8.68. The van der Waals surface area contributed by atoms with Gasteiger partial charge in [-0.2, -0.15) is 0 Å². The highest BCUT2D eigenvalue weighted by Gasteiger charge is 2.29. The second-order valence-electron chi connectivity index (χ2n) is 4.41. The van der Waals surface area contributed by atoms with E-state index in [1.54, 1.807) is 0 Å². The zero-order valence-corrected chi connectivity index (χ0v) is 8.89. The molecule has 0 unspecified atom stereocenters. The van der Waals surface area contributed by atoms with E-state index in [1.165, 1.54) is 0 Å². The molecule has 0 atom stereocenters. The maximum atomic E-state index is 11.5. The van der Waals surface area contributed by atoms with Gasteiger partial charge in [-0.1, -0.05) is 13.3 Å². The number of unbranched alkanes of at least 4 members (excludes halogenated alkanes) is 1. The zero-order chi connectivity index (χ0) is 9.90. The summed E-state index contributed by atoms with van der Waals surface area (Å²) in [6, 6.07) is 0. The van der Waals surface area contributed by atoms with Crippen LogP contribution in [0.3, 0.4) is 0 Å². The van der Waals surface area contributed by atoms with Gasteiger partial charge in [0, 0.05) is 18.6 Å². The Labute approximate surface area is 80.5 Å². The van der Waals surface area contributed by atoms with Crippen molar-refractivity contribution in [2.75, 3.05) is 19.6 Å². The molecule has 1 N–H and O–H groups in total. The van der Waals surface area contributed by atoms with Gasteiger partial charge in [-0.15, -0.1) is 0 Å². The number of nitrogens with zero attached hydrogens (tertiary/aromatic N) is 1. The first-order valence-corrected chi connectivity index (χ1v) is 5.08. The average Bonchev–Trinajstić information content (AvgIpc) is 2.07. The minimum Gasteiger partial charge on any atom is -0.340 e. The summed E-state index contributed by atoms with van der Waals surface area (Å²) in [5.41, 5.74) is 0.0850. The predicted molar refractivity (Wildman–Crippen MR) is 53.6 cm³/mol. The van der Waals surface area contributed by atoms with Crippen molar-refractivity contribution in [1.82, 2.24) is 10.2 Å². The molecule has 0 aromatic rings. The summed E-state index contributed by atoms with van der Waals surface area (Å²) in [5, 5.41) is 3.22. The molecule has 3 heteroatoms. The highest BCUT2D eigenvalue weighted by molar-refractivity contribution is 5.79. The van der Waals surface area contributed by atoms with E-state index in [9.17, 15) is 4.79 Å². The van der Waals surface area contributed by atoms with Crippen LogP contribution in [0.15, 0.2) is 0 Å². The van der Waals surface area contributed by atoms with Gasteiger partial charge < -0.3 is 10.2 Å². The van der Waals surface area contributed by atoms with Crippen LogP contribution in [0.5, 0.6) is 0 Å². The first kappa shape index (κ1) is 10.5. The molecule has 1 amide bonds. The Morgan fingerprint density at radius 2 is 2.23 bits per heavy atom. The number of hydrogen-bond donors (Lipinski definition) is 1. The molecule has 76 valence electrons. The lowest BCUT2D eigenvalue weighted by Crippen LogP contribution is -2.59. The van der Waals surface area contributed by atoms with Gasteiger partial charge in [0.1, 0.15) is 0 Å². The van der Waals surface area contributed by atoms with Gasteiger partial charge >= 0.3 is 0 Å². The predicted octanol–water partition coefficient (Wildman–Crippen LogP) is 0.997. The molecule has 1 saturated heterocycles. The summed E-state index contributed by atoms with van der Waals surface area (Å²) in [7, 11) is 0. The maximum absolute atomic E-state index is 11.5. The average molecular weight is 184 g/mol. The van der Waals surface area contributed by atoms with Crippen LogP contribution in [-0.2, 0) is 4.79 Å². The summed E-state index contributed by atoms with van der Waals surface area (Å²) in [4.78, 5) is 13.4. The molecule has 1 aliphatic heterocycles. The van der Waals surface area contributed by atoms with Crippen LogP contribution < -0.4 is 5.32 Å². The van der Waals surface area contributed by atoms with E-state index in [-0.39, 0.29) is 11.4 Å². The van der Waals surface area contributed by atoms with E-state index in [1.807, 2.05) is 4.90 Å². The lowest BCUT2D eigenvalue weighted by Gasteiger charge is -2.38. The molecule has 13 heavy (non-hydrogen) atoms. The molecule has 3 nitrogen and oxygen atoms in total. The van der Waals surface area contributed by atoms with Crippen LogP contribution in [0.1, 0.15) is 33.6 Å². The molecule has 0 radical (unpaired) electrons. The first-order chi connectivity index (χ1) is 6.05. The van der Waals surface area contributed by atoms with Crippen LogP contribution in [0.25, 0.3) is 0 Å². The lowest BCUT2D eigenvalue weighted by molar-refractivity contribution is -0.134. The first-order valence-electron chi connectivity index (χ1n) is 5.08. The molecule has 0 aliphatic carbocycles. The number of carbonyl (C=O) groups is 1. The summed E-state index contributed by atoms with van der Waals surface area (Å²) >= 11 is 0. The number of carbonyl (C=O) groups excluding carboxylic acids is 1. The second kappa shape index (κ2) is 4.09. The molecule has 1 fully saturated rings. The molecule has 1 aliphatic rings. The molecule has 0 aromatic heterocycles. The Morgan fingerprint density at radius 3 is 2.85 bits per heavy atom. The smallest absolute Gasteiger partial charge is 0.236 e. The Balaban J connectivity index is 2.45. The van der Waals surface area contributed by atoms with Crippen molar-refractivity contribution in [3.05, 3.63) is 0 Å². The van der Waals surface area contributed by atoms with Gasteiger partial charge in [-0.3, -0.25) is 4.79 Å². The normalized spacial score (nSPS) is 22.1. The molecule has 0 aromatic carbocycles. The van der Waals surface area contributed by atoms with Crippen LogP contribution in [0.2, 0.25) is 0 Å². The molecule has 1 rings (SSSR count). The number of hydrogen-bond acceptors (Lipinski definition) is 2. The molecular formula is C10H20N2O. The number of amides is 1. The third-order valence-electron chi connectivity index (χ3n) is 2.44. The van der Waals surface area contributed by atoms with Gasteiger partial charge in [0.05, 0.1) is 6.54 Å². The van der Waals surface area contributed by atoms with Crippen LogP contribution >= 0.6 is 0 Å². The SMILES string of the molecule is CCCCN1CC(C)(C)NCC1=O. The quantitative estimate of drug-likeness (QED) is 0.709. The topological polar surface area (TPSA) is 32.3 Å². The van der Waals surface area contributed by atoms with Crippen LogP contribution in [-0.4, -0.2) is 36.0 Å². The summed E-state index contributed by atoms with van der Waals surface area (Å²) in [5.74, 6) is 0.243. The minimum atomic E-state index is 0.0850. The maximum Gasteiger partial charge on any atom is 0.236 e. The second-order valence-corrected chi connectivity index (χ2v) is 4.41. The third-order valence-corrected chi connectivity index (χ3v) is 2.44. The van der Waals surface area contributed by atoms with E-state index >= 15 is 0 Å². The van der Waals surface area contributed by atoms with Crippen molar-refractivity contribution in [2.24, 2.45) is 0 Å².